The third-order valence-corrected chi connectivity index (χ3v) is 7.06. The maximum absolute atomic E-state index is 13.1. The minimum atomic E-state index is -3.57. The van der Waals surface area contributed by atoms with Gasteiger partial charge in [-0.1, -0.05) is 6.07 Å². The van der Waals surface area contributed by atoms with Gasteiger partial charge in [0.1, 0.15) is 11.5 Å². The van der Waals surface area contributed by atoms with E-state index in [2.05, 4.69) is 15.3 Å². The van der Waals surface area contributed by atoms with Crippen molar-refractivity contribution in [1.29, 1.82) is 0 Å². The van der Waals surface area contributed by atoms with E-state index in [1.165, 1.54) is 4.31 Å². The average Bonchev–Trinajstić information content (AvgIpc) is 2.75. The van der Waals surface area contributed by atoms with Crippen molar-refractivity contribution in [2.45, 2.75) is 18.7 Å². The lowest BCUT2D eigenvalue weighted by atomic mass is 10.1. The fraction of sp³-hybridized carbons (Fsp3) is 0.286. The fourth-order valence-corrected chi connectivity index (χ4v) is 4.97. The molecule has 1 aliphatic rings. The lowest BCUT2D eigenvalue weighted by Gasteiger charge is -2.26. The standard InChI is InChI=1S/C21H24N6O2S/c1-14-3-4-17(30(28,29)27-9-7-23-8-10-27)12-18(14)19-13-25-21(22)20(26-19)16-5-6-24-15(2)11-16/h3-6,11-13,23H,7-10H2,1-2H3,(H2,22,25). The molecule has 30 heavy (non-hydrogen) atoms. The number of anilines is 1. The van der Waals surface area contributed by atoms with Crippen LogP contribution in [-0.2, 0) is 10.0 Å². The Labute approximate surface area is 176 Å². The first-order chi connectivity index (χ1) is 14.4. The Morgan fingerprint density at radius 3 is 2.57 bits per heavy atom. The second kappa shape index (κ2) is 8.10. The zero-order valence-corrected chi connectivity index (χ0v) is 17.8. The molecule has 156 valence electrons. The summed E-state index contributed by atoms with van der Waals surface area (Å²) in [7, 11) is -3.57. The second-order valence-electron chi connectivity index (χ2n) is 7.31. The van der Waals surface area contributed by atoms with E-state index in [0.717, 1.165) is 16.8 Å². The SMILES string of the molecule is Cc1cc(-c2nc(-c3cc(S(=O)(=O)N4CCNCC4)ccc3C)cnc2N)ccn1. The number of nitrogen functional groups attached to an aromatic ring is 1. The van der Waals surface area contributed by atoms with Crippen molar-refractivity contribution >= 4 is 15.8 Å². The molecular formula is C21H24N6O2S. The number of nitrogens with one attached hydrogen (secondary N) is 1. The van der Waals surface area contributed by atoms with Gasteiger partial charge in [-0.15, -0.1) is 0 Å². The molecule has 3 aromatic rings. The van der Waals surface area contributed by atoms with Gasteiger partial charge in [-0.25, -0.2) is 18.4 Å². The van der Waals surface area contributed by atoms with E-state index >= 15 is 0 Å². The summed E-state index contributed by atoms with van der Waals surface area (Å²) in [6, 6.07) is 8.85. The summed E-state index contributed by atoms with van der Waals surface area (Å²) in [5.41, 5.74) is 10.5. The lowest BCUT2D eigenvalue weighted by molar-refractivity contribution is 0.360. The molecule has 9 heteroatoms. The largest absolute Gasteiger partial charge is 0.382 e. The van der Waals surface area contributed by atoms with Crippen LogP contribution in [0.25, 0.3) is 22.5 Å². The Hall–Kier alpha value is -2.88. The number of aryl methyl sites for hydroxylation is 2. The monoisotopic (exact) mass is 424 g/mol. The van der Waals surface area contributed by atoms with E-state index in [0.29, 0.717) is 48.9 Å². The number of nitrogens with zero attached hydrogens (tertiary/aromatic N) is 4. The summed E-state index contributed by atoms with van der Waals surface area (Å²) in [5.74, 6) is 0.312. The molecule has 4 rings (SSSR count). The molecule has 0 unspecified atom stereocenters. The molecule has 2 aromatic heterocycles. The molecule has 0 saturated carbocycles. The van der Waals surface area contributed by atoms with Crippen molar-refractivity contribution in [3.63, 3.8) is 0 Å². The first kappa shape index (κ1) is 20.4. The number of hydrogen-bond acceptors (Lipinski definition) is 7. The molecule has 0 radical (unpaired) electrons. The van der Waals surface area contributed by atoms with E-state index in [4.69, 9.17) is 10.7 Å². The van der Waals surface area contributed by atoms with E-state index in [9.17, 15) is 8.42 Å². The van der Waals surface area contributed by atoms with Crippen LogP contribution < -0.4 is 11.1 Å². The highest BCUT2D eigenvalue weighted by atomic mass is 32.2. The van der Waals surface area contributed by atoms with Crippen LogP contribution in [0.3, 0.4) is 0 Å². The third-order valence-electron chi connectivity index (χ3n) is 5.17. The van der Waals surface area contributed by atoms with Crippen molar-refractivity contribution in [1.82, 2.24) is 24.6 Å². The van der Waals surface area contributed by atoms with Gasteiger partial charge in [0.05, 0.1) is 16.8 Å². The highest BCUT2D eigenvalue weighted by Crippen LogP contribution is 2.30. The maximum atomic E-state index is 13.1. The summed E-state index contributed by atoms with van der Waals surface area (Å²) in [6.45, 7) is 6.03. The Balaban J connectivity index is 1.78. The van der Waals surface area contributed by atoms with Crippen molar-refractivity contribution in [3.05, 3.63) is 54.0 Å². The van der Waals surface area contributed by atoms with Crippen LogP contribution >= 0.6 is 0 Å². The maximum Gasteiger partial charge on any atom is 0.243 e. The number of piperazine rings is 1. The van der Waals surface area contributed by atoms with Crippen LogP contribution in [-0.4, -0.2) is 53.9 Å². The van der Waals surface area contributed by atoms with Crippen molar-refractivity contribution in [3.8, 4) is 22.5 Å². The van der Waals surface area contributed by atoms with Gasteiger partial charge < -0.3 is 11.1 Å². The van der Waals surface area contributed by atoms with E-state index in [-0.39, 0.29) is 4.90 Å². The van der Waals surface area contributed by atoms with E-state index in [1.54, 1.807) is 30.6 Å². The van der Waals surface area contributed by atoms with Crippen LogP contribution in [0.5, 0.6) is 0 Å². The van der Waals surface area contributed by atoms with Crippen LogP contribution in [0.15, 0.2) is 47.6 Å². The smallest absolute Gasteiger partial charge is 0.243 e. The molecule has 1 aliphatic heterocycles. The molecule has 0 spiro atoms. The molecule has 0 bridgehead atoms. The predicted octanol–water partition coefficient (Wildman–Crippen LogP) is 2.00. The summed E-state index contributed by atoms with van der Waals surface area (Å²) in [6.07, 6.45) is 3.28. The summed E-state index contributed by atoms with van der Waals surface area (Å²) < 4.78 is 27.7. The molecule has 3 N–H and O–H groups in total. The molecule has 0 amide bonds. The fourth-order valence-electron chi connectivity index (χ4n) is 3.50. The molecule has 1 saturated heterocycles. The lowest BCUT2D eigenvalue weighted by Crippen LogP contribution is -2.46. The topological polar surface area (TPSA) is 114 Å². The van der Waals surface area contributed by atoms with Crippen LogP contribution in [0, 0.1) is 13.8 Å². The summed E-state index contributed by atoms with van der Waals surface area (Å²) >= 11 is 0. The zero-order chi connectivity index (χ0) is 21.3. The Kier molecular flexibility index (Phi) is 5.50. The molecule has 1 fully saturated rings. The normalized spacial score (nSPS) is 15.3. The van der Waals surface area contributed by atoms with Gasteiger partial charge >= 0.3 is 0 Å². The van der Waals surface area contributed by atoms with Crippen molar-refractivity contribution in [2.24, 2.45) is 0 Å². The highest BCUT2D eigenvalue weighted by Gasteiger charge is 2.26. The molecule has 0 atom stereocenters. The first-order valence-corrected chi connectivity index (χ1v) is 11.2. The van der Waals surface area contributed by atoms with Gasteiger partial charge in [0.25, 0.3) is 0 Å². The minimum Gasteiger partial charge on any atom is -0.382 e. The molecule has 1 aromatic carbocycles. The number of sulfonamides is 1. The number of rotatable bonds is 4. The molecule has 8 nitrogen and oxygen atoms in total. The zero-order valence-electron chi connectivity index (χ0n) is 17.0. The van der Waals surface area contributed by atoms with Gasteiger partial charge in [-0.3, -0.25) is 4.98 Å². The van der Waals surface area contributed by atoms with Crippen LogP contribution in [0.2, 0.25) is 0 Å². The predicted molar refractivity (Wildman–Crippen MR) is 116 cm³/mol. The summed E-state index contributed by atoms with van der Waals surface area (Å²) in [4.78, 5) is 13.5. The van der Waals surface area contributed by atoms with E-state index < -0.39 is 10.0 Å². The Bertz CT molecular complexity index is 1190. The number of aromatic nitrogens is 3. The molecule has 0 aliphatic carbocycles. The van der Waals surface area contributed by atoms with Crippen LogP contribution in [0.4, 0.5) is 5.82 Å². The van der Waals surface area contributed by atoms with Gasteiger partial charge in [-0.05, 0) is 43.7 Å². The Morgan fingerprint density at radius 2 is 1.83 bits per heavy atom. The molecule has 3 heterocycles. The third kappa shape index (κ3) is 3.91. The molecular weight excluding hydrogens is 400 g/mol. The van der Waals surface area contributed by atoms with Gasteiger partial charge in [-0.2, -0.15) is 4.31 Å². The van der Waals surface area contributed by atoms with Crippen molar-refractivity contribution < 1.29 is 8.42 Å². The Morgan fingerprint density at radius 1 is 1.07 bits per heavy atom. The van der Waals surface area contributed by atoms with Crippen LogP contribution in [0.1, 0.15) is 11.3 Å². The van der Waals surface area contributed by atoms with Gasteiger partial charge in [0, 0.05) is 49.2 Å². The number of pyridine rings is 1. The van der Waals surface area contributed by atoms with Crippen molar-refractivity contribution in [2.75, 3.05) is 31.9 Å². The first-order valence-electron chi connectivity index (χ1n) is 9.74. The highest BCUT2D eigenvalue weighted by molar-refractivity contribution is 7.89. The minimum absolute atomic E-state index is 0.255. The quantitative estimate of drug-likeness (QED) is 0.658. The number of nitrogens with two attached hydrogens (primary N) is 1. The second-order valence-corrected chi connectivity index (χ2v) is 9.24. The summed E-state index contributed by atoms with van der Waals surface area (Å²) in [5, 5.41) is 3.17. The van der Waals surface area contributed by atoms with Gasteiger partial charge in [0.2, 0.25) is 10.0 Å². The number of benzene rings is 1. The van der Waals surface area contributed by atoms with Gasteiger partial charge in [0.15, 0.2) is 0 Å². The number of hydrogen-bond donors (Lipinski definition) is 2. The average molecular weight is 425 g/mol. The van der Waals surface area contributed by atoms with E-state index in [1.807, 2.05) is 26.0 Å².